The van der Waals surface area contributed by atoms with Crippen LogP contribution in [0.15, 0.2) is 103 Å². The number of aromatic nitrogens is 1. The highest BCUT2D eigenvalue weighted by Gasteiger charge is 2.42. The topological polar surface area (TPSA) is 12.9 Å². The Morgan fingerprint density at radius 3 is 2.05 bits per heavy atom. The molecule has 0 amide bonds. The minimum atomic E-state index is -0.0858. The van der Waals surface area contributed by atoms with Crippen LogP contribution in [0.25, 0.3) is 55.1 Å². The van der Waals surface area contributed by atoms with Crippen LogP contribution in [0.3, 0.4) is 0 Å². The van der Waals surface area contributed by atoms with Gasteiger partial charge in [0.2, 0.25) is 0 Å². The van der Waals surface area contributed by atoms with Gasteiger partial charge in [0.15, 0.2) is 0 Å². The van der Waals surface area contributed by atoms with E-state index in [1.165, 1.54) is 71.8 Å². The van der Waals surface area contributed by atoms with E-state index < -0.39 is 0 Å². The lowest BCUT2D eigenvalue weighted by Gasteiger charge is -2.24. The molecule has 38 heavy (non-hydrogen) atoms. The van der Waals surface area contributed by atoms with E-state index in [2.05, 4.69) is 119 Å². The third-order valence-corrected chi connectivity index (χ3v) is 9.28. The van der Waals surface area contributed by atoms with E-state index in [0.29, 0.717) is 0 Å². The van der Waals surface area contributed by atoms with Crippen LogP contribution in [0.5, 0.6) is 0 Å². The quantitative estimate of drug-likeness (QED) is 0.225. The Bertz CT molecular complexity index is 1970. The predicted molar refractivity (Wildman–Crippen MR) is 160 cm³/mol. The normalized spacial score (nSPS) is 15.8. The van der Waals surface area contributed by atoms with Crippen LogP contribution < -0.4 is 0 Å². The average molecular weight is 488 g/mol. The summed E-state index contributed by atoms with van der Waals surface area (Å²) in [5.74, 6) is 0. The lowest BCUT2D eigenvalue weighted by atomic mass is 9.79. The van der Waals surface area contributed by atoms with Gasteiger partial charge in [0.1, 0.15) is 0 Å². The van der Waals surface area contributed by atoms with Gasteiger partial charge in [0.25, 0.3) is 0 Å². The molecule has 1 heteroatoms. The number of hydrogen-bond donors (Lipinski definition) is 0. The lowest BCUT2D eigenvalue weighted by molar-refractivity contribution is 0.652. The van der Waals surface area contributed by atoms with Crippen molar-refractivity contribution in [3.63, 3.8) is 0 Å². The molecule has 0 spiro atoms. The first kappa shape index (κ1) is 21.8. The van der Waals surface area contributed by atoms with Crippen molar-refractivity contribution in [1.82, 2.24) is 4.98 Å². The fourth-order valence-corrected chi connectivity index (χ4v) is 7.14. The fourth-order valence-electron chi connectivity index (χ4n) is 7.14. The van der Waals surface area contributed by atoms with Crippen molar-refractivity contribution in [2.24, 2.45) is 0 Å². The minimum Gasteiger partial charge on any atom is -0.256 e. The maximum atomic E-state index is 4.73. The molecule has 0 fully saturated rings. The van der Waals surface area contributed by atoms with Crippen molar-refractivity contribution in [2.75, 3.05) is 0 Å². The molecule has 0 N–H and O–H groups in total. The summed E-state index contributed by atoms with van der Waals surface area (Å²) >= 11 is 0. The van der Waals surface area contributed by atoms with Gasteiger partial charge in [-0.2, -0.15) is 0 Å². The number of fused-ring (bicyclic) bond motifs is 9. The average Bonchev–Trinajstić information content (AvgIpc) is 3.31. The molecule has 0 saturated carbocycles. The fraction of sp³-hybridized carbons (Fsp3) is 0.162. The molecule has 0 aliphatic heterocycles. The summed E-state index contributed by atoms with van der Waals surface area (Å²) in [5, 5.41) is 3.85. The zero-order chi connectivity index (χ0) is 25.8. The smallest absolute Gasteiger partial charge is 0.0702 e. The summed E-state index contributed by atoms with van der Waals surface area (Å²) in [5.41, 5.74) is 14.6. The van der Waals surface area contributed by atoms with Gasteiger partial charge in [-0.15, -0.1) is 0 Å². The number of hydrogen-bond acceptors (Lipinski definition) is 1. The molecule has 0 saturated heterocycles. The largest absolute Gasteiger partial charge is 0.256 e. The molecular weight excluding hydrogens is 458 g/mol. The maximum Gasteiger partial charge on any atom is 0.0702 e. The Hall–Kier alpha value is -4.23. The van der Waals surface area contributed by atoms with Crippen LogP contribution in [0.1, 0.15) is 49.9 Å². The van der Waals surface area contributed by atoms with Crippen LogP contribution in [0.4, 0.5) is 0 Å². The number of benzene rings is 5. The second-order valence-corrected chi connectivity index (χ2v) is 12.1. The molecule has 0 bridgehead atoms. The van der Waals surface area contributed by atoms with Crippen molar-refractivity contribution < 1.29 is 0 Å². The minimum absolute atomic E-state index is 0.0344. The first-order valence-electron chi connectivity index (χ1n) is 13.6. The van der Waals surface area contributed by atoms with Gasteiger partial charge >= 0.3 is 0 Å². The summed E-state index contributed by atoms with van der Waals surface area (Å²) < 4.78 is 0. The summed E-state index contributed by atoms with van der Waals surface area (Å²) in [6, 6.07) is 36.1. The SMILES string of the molecule is CC1(C)c2cc(-c3cnc4ccccc4c3)ccc2-c2cc3c(cc21)-c1c(ccc2ccccc12)C3(C)C. The highest BCUT2D eigenvalue weighted by Crippen LogP contribution is 2.57. The van der Waals surface area contributed by atoms with E-state index in [9.17, 15) is 0 Å². The zero-order valence-electron chi connectivity index (χ0n) is 22.3. The Morgan fingerprint density at radius 1 is 0.500 bits per heavy atom. The molecule has 1 heterocycles. The van der Waals surface area contributed by atoms with Crippen LogP contribution in [0.2, 0.25) is 0 Å². The molecule has 1 aromatic heterocycles. The van der Waals surface area contributed by atoms with Gasteiger partial charge in [-0.1, -0.05) is 94.4 Å². The summed E-state index contributed by atoms with van der Waals surface area (Å²) in [6.07, 6.45) is 2.01. The van der Waals surface area contributed by atoms with Crippen LogP contribution in [0, 0.1) is 0 Å². The van der Waals surface area contributed by atoms with E-state index in [-0.39, 0.29) is 10.8 Å². The van der Waals surface area contributed by atoms with Gasteiger partial charge in [-0.3, -0.25) is 4.98 Å². The van der Waals surface area contributed by atoms with Crippen molar-refractivity contribution >= 4 is 21.7 Å². The molecule has 2 aliphatic carbocycles. The molecule has 0 unspecified atom stereocenters. The third kappa shape index (κ3) is 2.74. The molecule has 2 aliphatic rings. The van der Waals surface area contributed by atoms with Gasteiger partial charge in [-0.05, 0) is 91.2 Å². The van der Waals surface area contributed by atoms with E-state index in [0.717, 1.165) is 5.52 Å². The molecule has 182 valence electrons. The van der Waals surface area contributed by atoms with Gasteiger partial charge in [0.05, 0.1) is 5.52 Å². The lowest BCUT2D eigenvalue weighted by Crippen LogP contribution is -2.17. The Labute approximate surface area is 223 Å². The first-order chi connectivity index (χ1) is 18.3. The number of rotatable bonds is 1. The standard InChI is InChI=1S/C37H29N/c1-36(2)30-16-14-22-9-5-7-11-26(22)35(30)29-20-32-28(19-33(29)36)27-15-13-23(18-31(27)37(32,3)4)25-17-24-10-6-8-12-34(24)38-21-25/h5-21H,1-4H3. The Balaban J connectivity index is 1.33. The van der Waals surface area contributed by atoms with Crippen LogP contribution in [-0.4, -0.2) is 4.98 Å². The number of para-hydroxylation sites is 1. The monoisotopic (exact) mass is 487 g/mol. The molecule has 6 aromatic rings. The summed E-state index contributed by atoms with van der Waals surface area (Å²) in [4.78, 5) is 4.73. The van der Waals surface area contributed by atoms with E-state index in [1.807, 2.05) is 12.3 Å². The summed E-state index contributed by atoms with van der Waals surface area (Å²) in [7, 11) is 0. The highest BCUT2D eigenvalue weighted by molar-refractivity contribution is 6.03. The maximum absolute atomic E-state index is 4.73. The van der Waals surface area contributed by atoms with E-state index >= 15 is 0 Å². The van der Waals surface area contributed by atoms with Crippen molar-refractivity contribution in [3.8, 4) is 33.4 Å². The highest BCUT2D eigenvalue weighted by atomic mass is 14.6. The second kappa shape index (κ2) is 7.20. The van der Waals surface area contributed by atoms with Crippen molar-refractivity contribution in [1.29, 1.82) is 0 Å². The van der Waals surface area contributed by atoms with Gasteiger partial charge in [-0.25, -0.2) is 0 Å². The molecule has 0 radical (unpaired) electrons. The molecule has 0 atom stereocenters. The molecule has 5 aromatic carbocycles. The zero-order valence-corrected chi connectivity index (χ0v) is 22.3. The van der Waals surface area contributed by atoms with Gasteiger partial charge in [0, 0.05) is 28.0 Å². The first-order valence-corrected chi connectivity index (χ1v) is 13.6. The predicted octanol–water partition coefficient (Wildman–Crippen LogP) is 9.67. The summed E-state index contributed by atoms with van der Waals surface area (Å²) in [6.45, 7) is 9.54. The van der Waals surface area contributed by atoms with E-state index in [1.54, 1.807) is 0 Å². The van der Waals surface area contributed by atoms with Gasteiger partial charge < -0.3 is 0 Å². The number of nitrogens with zero attached hydrogens (tertiary/aromatic N) is 1. The van der Waals surface area contributed by atoms with Crippen LogP contribution >= 0.6 is 0 Å². The Kier molecular flexibility index (Phi) is 4.13. The molecule has 1 nitrogen and oxygen atoms in total. The van der Waals surface area contributed by atoms with Crippen molar-refractivity contribution in [3.05, 3.63) is 126 Å². The second-order valence-electron chi connectivity index (χ2n) is 12.1. The third-order valence-electron chi connectivity index (χ3n) is 9.28. The van der Waals surface area contributed by atoms with E-state index in [4.69, 9.17) is 4.98 Å². The molecule has 8 rings (SSSR count). The van der Waals surface area contributed by atoms with Crippen molar-refractivity contribution in [2.45, 2.75) is 38.5 Å². The Morgan fingerprint density at radius 2 is 1.18 bits per heavy atom. The molecular formula is C37H29N. The number of pyridine rings is 1. The van der Waals surface area contributed by atoms with Crippen LogP contribution in [-0.2, 0) is 10.8 Å².